The molecule has 1 aliphatic heterocycles. The molecule has 158 valence electrons. The molecule has 0 aliphatic carbocycles. The maximum Gasteiger partial charge on any atom is 0.309 e. The minimum atomic E-state index is -1.55. The van der Waals surface area contributed by atoms with Crippen LogP contribution in [0.3, 0.4) is 0 Å². The van der Waals surface area contributed by atoms with Gasteiger partial charge in [0.05, 0.1) is 42.4 Å². The Morgan fingerprint density at radius 2 is 1.59 bits per heavy atom. The highest BCUT2D eigenvalue weighted by molar-refractivity contribution is 5.71. The van der Waals surface area contributed by atoms with Gasteiger partial charge in [-0.1, -0.05) is 13.8 Å². The molecule has 1 rings (SSSR count). The van der Waals surface area contributed by atoms with E-state index in [1.54, 1.807) is 13.8 Å². The molecular formula is C18H32O9. The van der Waals surface area contributed by atoms with Crippen LogP contribution in [-0.4, -0.2) is 79.2 Å². The van der Waals surface area contributed by atoms with E-state index in [2.05, 4.69) is 0 Å². The lowest BCUT2D eigenvalue weighted by atomic mass is 9.79. The van der Waals surface area contributed by atoms with Crippen LogP contribution in [0.15, 0.2) is 0 Å². The molecule has 0 spiro atoms. The summed E-state index contributed by atoms with van der Waals surface area (Å²) >= 11 is 0. The van der Waals surface area contributed by atoms with Gasteiger partial charge >= 0.3 is 11.9 Å². The normalized spacial score (nSPS) is 30.7. The topological polar surface area (TPSA) is 165 Å². The number of ether oxygens (including phenoxy) is 1. The molecule has 1 fully saturated rings. The van der Waals surface area contributed by atoms with Gasteiger partial charge < -0.3 is 35.4 Å². The maximum absolute atomic E-state index is 11.5. The minimum Gasteiger partial charge on any atom is -0.481 e. The van der Waals surface area contributed by atoms with Crippen molar-refractivity contribution in [2.75, 3.05) is 0 Å². The van der Waals surface area contributed by atoms with Gasteiger partial charge in [-0.3, -0.25) is 9.59 Å². The zero-order chi connectivity index (χ0) is 21.0. The zero-order valence-corrected chi connectivity index (χ0v) is 16.1. The van der Waals surface area contributed by atoms with Crippen molar-refractivity contribution >= 4 is 11.9 Å². The molecule has 9 nitrogen and oxygen atoms in total. The van der Waals surface area contributed by atoms with Crippen molar-refractivity contribution in [1.29, 1.82) is 0 Å². The summed E-state index contributed by atoms with van der Waals surface area (Å²) in [7, 11) is 0. The molecular weight excluding hydrogens is 360 g/mol. The van der Waals surface area contributed by atoms with Crippen molar-refractivity contribution in [3.8, 4) is 0 Å². The second kappa shape index (κ2) is 9.79. The molecule has 27 heavy (non-hydrogen) atoms. The van der Waals surface area contributed by atoms with E-state index >= 15 is 0 Å². The molecule has 0 saturated carbocycles. The largest absolute Gasteiger partial charge is 0.481 e. The number of carbonyl (C=O) groups is 2. The predicted octanol–water partition coefficient (Wildman–Crippen LogP) is -0.309. The summed E-state index contributed by atoms with van der Waals surface area (Å²) in [6.07, 6.45) is -6.75. The molecule has 1 saturated heterocycles. The van der Waals surface area contributed by atoms with Crippen molar-refractivity contribution in [2.24, 2.45) is 23.7 Å². The quantitative estimate of drug-likeness (QED) is 0.292. The second-order valence-electron chi connectivity index (χ2n) is 7.80. The van der Waals surface area contributed by atoms with Crippen LogP contribution in [0.4, 0.5) is 0 Å². The molecule has 1 aliphatic rings. The highest BCUT2D eigenvalue weighted by Gasteiger charge is 2.48. The minimum absolute atomic E-state index is 0.00659. The number of aliphatic hydroxyl groups is 4. The number of hydrogen-bond donors (Lipinski definition) is 6. The van der Waals surface area contributed by atoms with Gasteiger partial charge in [-0.2, -0.15) is 0 Å². The molecule has 0 bridgehead atoms. The highest BCUT2D eigenvalue weighted by atomic mass is 16.5. The summed E-state index contributed by atoms with van der Waals surface area (Å²) in [4.78, 5) is 23.0. The Labute approximate surface area is 158 Å². The molecule has 0 aromatic rings. The monoisotopic (exact) mass is 392 g/mol. The molecule has 1 heterocycles. The van der Waals surface area contributed by atoms with Crippen molar-refractivity contribution in [3.05, 3.63) is 0 Å². The average Bonchev–Trinajstić information content (AvgIpc) is 3.02. The Balaban J connectivity index is 2.87. The van der Waals surface area contributed by atoms with Gasteiger partial charge in [0.25, 0.3) is 0 Å². The third-order valence-corrected chi connectivity index (χ3v) is 5.68. The first-order chi connectivity index (χ1) is 12.4. The fourth-order valence-corrected chi connectivity index (χ4v) is 3.55. The van der Waals surface area contributed by atoms with Gasteiger partial charge in [-0.15, -0.1) is 0 Å². The Hall–Kier alpha value is -1.26. The summed E-state index contributed by atoms with van der Waals surface area (Å²) in [5.41, 5.74) is 0. The molecule has 4 unspecified atom stereocenters. The van der Waals surface area contributed by atoms with Crippen molar-refractivity contribution in [1.82, 2.24) is 0 Å². The van der Waals surface area contributed by atoms with E-state index in [-0.39, 0.29) is 12.8 Å². The summed E-state index contributed by atoms with van der Waals surface area (Å²) in [6.45, 7) is 6.07. The van der Waals surface area contributed by atoms with Gasteiger partial charge in [0.15, 0.2) is 0 Å². The number of hydrogen-bond acceptors (Lipinski definition) is 7. The van der Waals surface area contributed by atoms with E-state index in [0.717, 1.165) is 0 Å². The van der Waals surface area contributed by atoms with Crippen molar-refractivity contribution in [2.45, 2.75) is 77.2 Å². The van der Waals surface area contributed by atoms with E-state index in [1.807, 2.05) is 0 Å². The fraction of sp³-hybridized carbons (Fsp3) is 0.889. The van der Waals surface area contributed by atoms with Gasteiger partial charge in [0, 0.05) is 0 Å². The number of aliphatic hydroxyl groups excluding tert-OH is 4. The van der Waals surface area contributed by atoms with E-state index in [4.69, 9.17) is 4.74 Å². The van der Waals surface area contributed by atoms with Crippen LogP contribution < -0.4 is 0 Å². The van der Waals surface area contributed by atoms with Crippen LogP contribution in [0.2, 0.25) is 0 Å². The lowest BCUT2D eigenvalue weighted by Gasteiger charge is -2.32. The van der Waals surface area contributed by atoms with Gasteiger partial charge in [0.1, 0.15) is 6.10 Å². The van der Waals surface area contributed by atoms with Gasteiger partial charge in [-0.25, -0.2) is 0 Å². The molecule has 10 atom stereocenters. The first-order valence-electron chi connectivity index (χ1n) is 9.21. The first-order valence-corrected chi connectivity index (χ1v) is 9.21. The zero-order valence-electron chi connectivity index (χ0n) is 16.1. The van der Waals surface area contributed by atoms with Crippen molar-refractivity contribution < 1.29 is 45.0 Å². The van der Waals surface area contributed by atoms with Crippen LogP contribution in [0.25, 0.3) is 0 Å². The first kappa shape index (κ1) is 23.8. The molecule has 0 aromatic carbocycles. The van der Waals surface area contributed by atoms with Crippen LogP contribution in [0, 0.1) is 23.7 Å². The predicted molar refractivity (Wildman–Crippen MR) is 93.8 cm³/mol. The smallest absolute Gasteiger partial charge is 0.309 e. The Morgan fingerprint density at radius 3 is 2.00 bits per heavy atom. The highest BCUT2D eigenvalue weighted by Crippen LogP contribution is 2.34. The number of carboxylic acid groups (broad SMARTS) is 2. The maximum atomic E-state index is 11.5. The molecule has 0 amide bonds. The van der Waals surface area contributed by atoms with E-state index in [0.29, 0.717) is 0 Å². The summed E-state index contributed by atoms with van der Waals surface area (Å²) in [6, 6.07) is 0. The standard InChI is InChI=1S/C18H32O9/c1-7(5-11(17(23)24)8(2)9(3)19)14(21)15(22)16-12(18(25)26)6-13(27-16)10(4)20/h7-16,19-22H,5-6H2,1-4H3,(H,23,24)(H,25,26)/t7-,8-,9?,10?,11-,12+,13+,14?,15?,16-/m0/s1. The lowest BCUT2D eigenvalue weighted by Crippen LogP contribution is -2.46. The van der Waals surface area contributed by atoms with E-state index in [1.165, 1.54) is 13.8 Å². The Kier molecular flexibility index (Phi) is 8.62. The number of carboxylic acids is 2. The summed E-state index contributed by atoms with van der Waals surface area (Å²) < 4.78 is 5.47. The third-order valence-electron chi connectivity index (χ3n) is 5.68. The van der Waals surface area contributed by atoms with Crippen molar-refractivity contribution in [3.63, 3.8) is 0 Å². The number of rotatable bonds is 10. The third kappa shape index (κ3) is 5.86. The van der Waals surface area contributed by atoms with Gasteiger partial charge in [0.2, 0.25) is 0 Å². The van der Waals surface area contributed by atoms with E-state index in [9.17, 15) is 40.2 Å². The summed E-state index contributed by atoms with van der Waals surface area (Å²) in [5, 5.41) is 59.0. The molecule has 0 aromatic heterocycles. The average molecular weight is 392 g/mol. The summed E-state index contributed by atoms with van der Waals surface area (Å²) in [5.74, 6) is -5.60. The fourth-order valence-electron chi connectivity index (χ4n) is 3.55. The molecule has 9 heteroatoms. The lowest BCUT2D eigenvalue weighted by molar-refractivity contribution is -0.155. The van der Waals surface area contributed by atoms with E-state index < -0.39 is 72.2 Å². The Morgan fingerprint density at radius 1 is 1.04 bits per heavy atom. The SMILES string of the molecule is CC(O)[C@H]1C[C@@H](C(=O)O)[C@@H](C(O)C(O)[C@@H](C)C[C@H](C(=O)O)[C@@H](C)C(C)O)O1. The molecule has 6 N–H and O–H groups in total. The molecule has 0 radical (unpaired) electrons. The van der Waals surface area contributed by atoms with Crippen LogP contribution >= 0.6 is 0 Å². The van der Waals surface area contributed by atoms with Crippen LogP contribution in [-0.2, 0) is 14.3 Å². The van der Waals surface area contributed by atoms with Crippen LogP contribution in [0.5, 0.6) is 0 Å². The Bertz CT molecular complexity index is 507. The van der Waals surface area contributed by atoms with Gasteiger partial charge in [-0.05, 0) is 38.5 Å². The van der Waals surface area contributed by atoms with Crippen LogP contribution in [0.1, 0.15) is 40.5 Å². The number of aliphatic carboxylic acids is 2. The second-order valence-corrected chi connectivity index (χ2v) is 7.80.